The highest BCUT2D eigenvalue weighted by Gasteiger charge is 2.19. The van der Waals surface area contributed by atoms with Crippen LogP contribution < -0.4 is 9.47 Å². The molecule has 6 nitrogen and oxygen atoms in total. The van der Waals surface area contributed by atoms with Crippen LogP contribution >= 0.6 is 0 Å². The highest BCUT2D eigenvalue weighted by Crippen LogP contribution is 2.18. The average molecular weight is 441 g/mol. The summed E-state index contributed by atoms with van der Waals surface area (Å²) in [4.78, 5) is 36.4. The molecule has 172 valence electrons. The van der Waals surface area contributed by atoms with Crippen LogP contribution in [0.15, 0.2) is 48.5 Å². The molecule has 2 aromatic carbocycles. The van der Waals surface area contributed by atoms with E-state index in [2.05, 4.69) is 6.92 Å². The molecule has 0 saturated carbocycles. The Bertz CT molecular complexity index is 870. The van der Waals surface area contributed by atoms with Gasteiger partial charge >= 0.3 is 11.9 Å². The summed E-state index contributed by atoms with van der Waals surface area (Å²) in [6.07, 6.45) is 4.62. The molecule has 0 aliphatic heterocycles. The van der Waals surface area contributed by atoms with Crippen LogP contribution in [0.2, 0.25) is 0 Å². The summed E-state index contributed by atoms with van der Waals surface area (Å²) in [6.45, 7) is 6.24. The van der Waals surface area contributed by atoms with Gasteiger partial charge in [-0.2, -0.15) is 0 Å². The molecule has 6 heteroatoms. The predicted molar refractivity (Wildman–Crippen MR) is 122 cm³/mol. The van der Waals surface area contributed by atoms with E-state index >= 15 is 0 Å². The third kappa shape index (κ3) is 8.17. The summed E-state index contributed by atoms with van der Waals surface area (Å²) in [5, 5.41) is 0. The van der Waals surface area contributed by atoms with Gasteiger partial charge in [0.05, 0.1) is 12.2 Å². The van der Waals surface area contributed by atoms with E-state index in [4.69, 9.17) is 14.2 Å². The minimum Gasteiger partial charge on any atom is -0.494 e. The summed E-state index contributed by atoms with van der Waals surface area (Å²) in [7, 11) is 0. The van der Waals surface area contributed by atoms with E-state index in [1.54, 1.807) is 55.5 Å². The van der Waals surface area contributed by atoms with E-state index in [1.807, 2.05) is 6.92 Å². The smallest absolute Gasteiger partial charge is 0.343 e. The molecular formula is C26H32O6. The Morgan fingerprint density at radius 2 is 1.41 bits per heavy atom. The number of ketones is 1. The van der Waals surface area contributed by atoms with Gasteiger partial charge in [-0.15, -0.1) is 0 Å². The molecule has 0 radical (unpaired) electrons. The van der Waals surface area contributed by atoms with Crippen molar-refractivity contribution in [1.29, 1.82) is 0 Å². The maximum atomic E-state index is 12.4. The Hall–Kier alpha value is -3.15. The topological polar surface area (TPSA) is 78.9 Å². The second-order valence-electron chi connectivity index (χ2n) is 7.59. The number of carbonyl (C=O) groups excluding carboxylic acids is 3. The quantitative estimate of drug-likeness (QED) is 0.170. The Balaban J connectivity index is 1.86. The molecular weight excluding hydrogens is 408 g/mol. The number of Topliss-reactive ketones (excluding diaryl/α,β-unsaturated/α-hetero) is 1. The van der Waals surface area contributed by atoms with E-state index in [1.165, 1.54) is 12.8 Å². The Morgan fingerprint density at radius 1 is 0.781 bits per heavy atom. The van der Waals surface area contributed by atoms with Crippen LogP contribution in [0.3, 0.4) is 0 Å². The molecule has 0 spiro atoms. The Morgan fingerprint density at radius 3 is 2.03 bits per heavy atom. The van der Waals surface area contributed by atoms with Crippen molar-refractivity contribution < 1.29 is 28.6 Å². The summed E-state index contributed by atoms with van der Waals surface area (Å²) in [6, 6.07) is 13.0. The Labute approximate surface area is 189 Å². The fourth-order valence-corrected chi connectivity index (χ4v) is 3.01. The zero-order chi connectivity index (χ0) is 23.3. The van der Waals surface area contributed by atoms with Crippen LogP contribution in [-0.2, 0) is 9.53 Å². The SMILES string of the molecule is CCCCCCOc1ccc(C(=O)Oc2ccc(C(=O)C(C)OC(=O)CCC)cc2)cc1. The molecule has 0 bridgehead atoms. The number of hydrogen-bond donors (Lipinski definition) is 0. The molecule has 0 N–H and O–H groups in total. The minimum atomic E-state index is -0.866. The molecule has 0 aromatic heterocycles. The average Bonchev–Trinajstić information content (AvgIpc) is 2.79. The number of ether oxygens (including phenoxy) is 3. The van der Waals surface area contributed by atoms with Gasteiger partial charge in [-0.1, -0.05) is 33.1 Å². The van der Waals surface area contributed by atoms with Gasteiger partial charge < -0.3 is 14.2 Å². The lowest BCUT2D eigenvalue weighted by atomic mass is 10.1. The lowest BCUT2D eigenvalue weighted by Crippen LogP contribution is -2.24. The molecule has 32 heavy (non-hydrogen) atoms. The van der Waals surface area contributed by atoms with Crippen LogP contribution in [0.4, 0.5) is 0 Å². The first-order valence-electron chi connectivity index (χ1n) is 11.2. The van der Waals surface area contributed by atoms with Crippen molar-refractivity contribution in [2.75, 3.05) is 6.61 Å². The van der Waals surface area contributed by atoms with Gasteiger partial charge in [-0.3, -0.25) is 9.59 Å². The molecule has 0 heterocycles. The maximum Gasteiger partial charge on any atom is 0.343 e. The molecule has 0 saturated heterocycles. The van der Waals surface area contributed by atoms with E-state index in [-0.39, 0.29) is 12.2 Å². The molecule has 0 fully saturated rings. The summed E-state index contributed by atoms with van der Waals surface area (Å²) >= 11 is 0. The summed E-state index contributed by atoms with van der Waals surface area (Å²) < 4.78 is 16.2. The first-order chi connectivity index (χ1) is 15.4. The van der Waals surface area contributed by atoms with Gasteiger partial charge in [-0.05, 0) is 68.3 Å². The Kier molecular flexibility index (Phi) is 10.4. The van der Waals surface area contributed by atoms with Crippen molar-refractivity contribution in [3.63, 3.8) is 0 Å². The number of esters is 2. The molecule has 2 aromatic rings. The molecule has 2 rings (SSSR count). The van der Waals surface area contributed by atoms with Gasteiger partial charge in [0.2, 0.25) is 5.78 Å². The normalized spacial score (nSPS) is 11.5. The first-order valence-corrected chi connectivity index (χ1v) is 11.2. The van der Waals surface area contributed by atoms with Crippen molar-refractivity contribution in [2.24, 2.45) is 0 Å². The van der Waals surface area contributed by atoms with E-state index in [0.717, 1.165) is 18.6 Å². The third-order valence-corrected chi connectivity index (χ3v) is 4.84. The van der Waals surface area contributed by atoms with Crippen LogP contribution in [-0.4, -0.2) is 30.4 Å². The number of unbranched alkanes of at least 4 members (excludes halogenated alkanes) is 3. The predicted octanol–water partition coefficient (Wildman–Crippen LogP) is 5.78. The molecule has 1 unspecified atom stereocenters. The monoisotopic (exact) mass is 440 g/mol. The molecule has 0 amide bonds. The van der Waals surface area contributed by atoms with Crippen molar-refractivity contribution in [2.45, 2.75) is 65.4 Å². The molecule has 1 atom stereocenters. The van der Waals surface area contributed by atoms with Crippen LogP contribution in [0.25, 0.3) is 0 Å². The highest BCUT2D eigenvalue weighted by atomic mass is 16.5. The van der Waals surface area contributed by atoms with Gasteiger partial charge in [0.25, 0.3) is 0 Å². The largest absolute Gasteiger partial charge is 0.494 e. The van der Waals surface area contributed by atoms with Crippen molar-refractivity contribution >= 4 is 17.7 Å². The van der Waals surface area contributed by atoms with Crippen LogP contribution in [0, 0.1) is 0 Å². The van der Waals surface area contributed by atoms with Crippen LogP contribution in [0.5, 0.6) is 11.5 Å². The van der Waals surface area contributed by atoms with E-state index in [9.17, 15) is 14.4 Å². The van der Waals surface area contributed by atoms with Crippen LogP contribution in [0.1, 0.15) is 80.0 Å². The number of benzene rings is 2. The second kappa shape index (κ2) is 13.3. The van der Waals surface area contributed by atoms with E-state index in [0.29, 0.717) is 29.9 Å². The maximum absolute atomic E-state index is 12.4. The number of carbonyl (C=O) groups is 3. The fraction of sp³-hybridized carbons (Fsp3) is 0.423. The highest BCUT2D eigenvalue weighted by molar-refractivity contribution is 6.00. The van der Waals surface area contributed by atoms with Crippen molar-refractivity contribution in [3.8, 4) is 11.5 Å². The minimum absolute atomic E-state index is 0.276. The molecule has 0 aliphatic carbocycles. The first kappa shape index (κ1) is 25.1. The zero-order valence-corrected chi connectivity index (χ0v) is 19.1. The summed E-state index contributed by atoms with van der Waals surface area (Å²) in [5.41, 5.74) is 0.780. The lowest BCUT2D eigenvalue weighted by Gasteiger charge is -2.12. The number of hydrogen-bond acceptors (Lipinski definition) is 6. The number of rotatable bonds is 13. The summed E-state index contributed by atoms with van der Waals surface area (Å²) in [5.74, 6) is -0.169. The van der Waals surface area contributed by atoms with Gasteiger partial charge in [0.15, 0.2) is 6.10 Å². The standard InChI is InChI=1S/C26H32O6/c1-4-6-7-8-18-30-22-14-12-21(13-15-22)26(29)32-23-16-10-20(11-17-23)25(28)19(3)31-24(27)9-5-2/h10-17,19H,4-9,18H2,1-3H3. The zero-order valence-electron chi connectivity index (χ0n) is 19.1. The third-order valence-electron chi connectivity index (χ3n) is 4.84. The van der Waals surface area contributed by atoms with Crippen molar-refractivity contribution in [3.05, 3.63) is 59.7 Å². The van der Waals surface area contributed by atoms with Gasteiger partial charge in [0, 0.05) is 12.0 Å². The van der Waals surface area contributed by atoms with Gasteiger partial charge in [0.1, 0.15) is 11.5 Å². The van der Waals surface area contributed by atoms with E-state index < -0.39 is 18.0 Å². The molecule has 0 aliphatic rings. The lowest BCUT2D eigenvalue weighted by molar-refractivity contribution is -0.146. The fourth-order valence-electron chi connectivity index (χ4n) is 3.01. The van der Waals surface area contributed by atoms with Crippen molar-refractivity contribution in [1.82, 2.24) is 0 Å². The second-order valence-corrected chi connectivity index (χ2v) is 7.59. The van der Waals surface area contributed by atoms with Gasteiger partial charge in [-0.25, -0.2) is 4.79 Å².